The Morgan fingerprint density at radius 3 is 2.03 bits per heavy atom. The predicted molar refractivity (Wildman–Crippen MR) is 123 cm³/mol. The fourth-order valence-corrected chi connectivity index (χ4v) is 8.58. The monoisotopic (exact) mass is 494 g/mol. The quantitative estimate of drug-likeness (QED) is 0.566. The summed E-state index contributed by atoms with van der Waals surface area (Å²) in [5.41, 5.74) is 0.0938. The molecule has 5 fully saturated rings. The highest BCUT2D eigenvalue weighted by Crippen LogP contribution is 2.61. The topological polar surface area (TPSA) is 84.0 Å². The first-order valence-corrected chi connectivity index (χ1v) is 13.7. The number of benzene rings is 1. The molecule has 0 aromatic heterocycles. The van der Waals surface area contributed by atoms with Crippen molar-refractivity contribution in [3.05, 3.63) is 29.3 Å². The summed E-state index contributed by atoms with van der Waals surface area (Å²) >= 11 is 5.85. The van der Waals surface area contributed by atoms with Crippen LogP contribution in [0.4, 0.5) is 0 Å². The summed E-state index contributed by atoms with van der Waals surface area (Å²) in [6.45, 7) is 0.696. The van der Waals surface area contributed by atoms with Crippen LogP contribution in [0.25, 0.3) is 0 Å². The molecule has 1 aromatic carbocycles. The van der Waals surface area contributed by atoms with Crippen LogP contribution in [0.2, 0.25) is 5.02 Å². The molecule has 6 rings (SSSR count). The van der Waals surface area contributed by atoms with Gasteiger partial charge in [0.1, 0.15) is 0 Å². The molecule has 4 bridgehead atoms. The minimum absolute atomic E-state index is 0.0938. The molecule has 9 heteroatoms. The summed E-state index contributed by atoms with van der Waals surface area (Å²) in [5, 5.41) is 0.474. The maximum Gasteiger partial charge on any atom is 0.306 e. The number of nitrogens with zero attached hydrogens (tertiary/aromatic N) is 2. The number of piperazine rings is 1. The number of rotatable bonds is 6. The molecule has 5 aliphatic rings. The molecule has 0 unspecified atom stereocenters. The molecule has 1 heterocycles. The lowest BCUT2D eigenvalue weighted by molar-refractivity contribution is -0.158. The number of carbonyl (C=O) groups excluding carboxylic acids is 2. The maximum atomic E-state index is 12.8. The smallest absolute Gasteiger partial charge is 0.306 e. The molecule has 1 aromatic rings. The van der Waals surface area contributed by atoms with E-state index in [2.05, 4.69) is 0 Å². The van der Waals surface area contributed by atoms with Crippen molar-refractivity contribution in [2.24, 2.45) is 23.2 Å². The van der Waals surface area contributed by atoms with Crippen LogP contribution in [-0.4, -0.2) is 62.3 Å². The van der Waals surface area contributed by atoms with Gasteiger partial charge in [-0.25, -0.2) is 8.42 Å². The highest BCUT2D eigenvalue weighted by atomic mass is 35.5. The van der Waals surface area contributed by atoms with E-state index < -0.39 is 10.0 Å². The van der Waals surface area contributed by atoms with Crippen molar-refractivity contribution in [1.29, 1.82) is 0 Å². The van der Waals surface area contributed by atoms with Crippen LogP contribution in [0, 0.1) is 23.2 Å². The van der Waals surface area contributed by atoms with Crippen molar-refractivity contribution < 1.29 is 22.7 Å². The highest BCUT2D eigenvalue weighted by molar-refractivity contribution is 7.89. The van der Waals surface area contributed by atoms with Crippen molar-refractivity contribution in [3.8, 4) is 0 Å². The fraction of sp³-hybridized carbons (Fsp3) is 0.667. The van der Waals surface area contributed by atoms with Crippen LogP contribution in [-0.2, 0) is 24.3 Å². The summed E-state index contributed by atoms with van der Waals surface area (Å²) in [7, 11) is -3.63. The molecule has 0 radical (unpaired) electrons. The molecule has 33 heavy (non-hydrogen) atoms. The lowest BCUT2D eigenvalue weighted by Gasteiger charge is -2.56. The second kappa shape index (κ2) is 8.86. The molecular formula is C24H31ClN2O5S. The Balaban J connectivity index is 1.09. The van der Waals surface area contributed by atoms with Crippen molar-refractivity contribution in [2.75, 3.05) is 32.8 Å². The molecular weight excluding hydrogens is 464 g/mol. The van der Waals surface area contributed by atoms with Gasteiger partial charge < -0.3 is 9.64 Å². The molecule has 1 saturated heterocycles. The van der Waals surface area contributed by atoms with Gasteiger partial charge in [0.15, 0.2) is 6.61 Å². The van der Waals surface area contributed by atoms with Crippen LogP contribution >= 0.6 is 11.6 Å². The van der Waals surface area contributed by atoms with Gasteiger partial charge in [0.25, 0.3) is 5.91 Å². The van der Waals surface area contributed by atoms with Crippen molar-refractivity contribution in [2.45, 2.75) is 49.8 Å². The SMILES string of the molecule is O=C(CC12CC3CC(CC(C3)C1)C2)OCC(=O)N1CCN(S(=O)(=O)c2ccc(Cl)cc2)CC1. The third kappa shape index (κ3) is 4.80. The molecule has 0 atom stereocenters. The van der Waals surface area contributed by atoms with Gasteiger partial charge in [0.2, 0.25) is 10.0 Å². The summed E-state index contributed by atoms with van der Waals surface area (Å²) < 4.78 is 32.4. The van der Waals surface area contributed by atoms with Crippen LogP contribution < -0.4 is 0 Å². The van der Waals surface area contributed by atoms with Crippen LogP contribution in [0.3, 0.4) is 0 Å². The second-order valence-electron chi connectivity index (χ2n) is 10.5. The number of carbonyl (C=O) groups is 2. The Bertz CT molecular complexity index is 983. The first-order valence-electron chi connectivity index (χ1n) is 11.9. The van der Waals surface area contributed by atoms with Gasteiger partial charge >= 0.3 is 5.97 Å². The molecule has 4 aliphatic carbocycles. The lowest BCUT2D eigenvalue weighted by Crippen LogP contribution is -2.51. The van der Waals surface area contributed by atoms with E-state index in [-0.39, 0.29) is 55.0 Å². The van der Waals surface area contributed by atoms with Gasteiger partial charge in [-0.1, -0.05) is 11.6 Å². The number of esters is 1. The van der Waals surface area contributed by atoms with E-state index in [0.29, 0.717) is 11.4 Å². The minimum Gasteiger partial charge on any atom is -0.456 e. The Hall–Kier alpha value is -1.64. The average molecular weight is 495 g/mol. The van der Waals surface area contributed by atoms with E-state index >= 15 is 0 Å². The number of amides is 1. The molecule has 0 spiro atoms. The lowest BCUT2D eigenvalue weighted by atomic mass is 9.49. The molecule has 7 nitrogen and oxygen atoms in total. The third-order valence-corrected chi connectivity index (χ3v) is 10.2. The van der Waals surface area contributed by atoms with E-state index in [1.54, 1.807) is 17.0 Å². The van der Waals surface area contributed by atoms with Crippen LogP contribution in [0.5, 0.6) is 0 Å². The fourth-order valence-electron chi connectivity index (χ4n) is 7.03. The van der Waals surface area contributed by atoms with E-state index in [1.807, 2.05) is 0 Å². The number of ether oxygens (including phenoxy) is 1. The van der Waals surface area contributed by atoms with E-state index in [0.717, 1.165) is 37.0 Å². The number of hydrogen-bond acceptors (Lipinski definition) is 5. The van der Waals surface area contributed by atoms with Crippen LogP contribution in [0.1, 0.15) is 44.9 Å². The normalized spacial score (nSPS) is 31.5. The molecule has 1 aliphatic heterocycles. The standard InChI is InChI=1S/C24H31ClN2O5S/c25-20-1-3-21(4-2-20)33(30,31)27-7-5-26(6-8-27)22(28)16-32-23(29)15-24-12-17-9-18(13-24)11-19(10-17)14-24/h1-4,17-19H,5-16H2. The average Bonchev–Trinajstić information content (AvgIpc) is 2.76. The first kappa shape index (κ1) is 23.1. The van der Waals surface area contributed by atoms with Crippen molar-refractivity contribution >= 4 is 33.5 Å². The van der Waals surface area contributed by atoms with E-state index in [9.17, 15) is 18.0 Å². The van der Waals surface area contributed by atoms with Gasteiger partial charge in [-0.3, -0.25) is 9.59 Å². The zero-order valence-electron chi connectivity index (χ0n) is 18.7. The van der Waals surface area contributed by atoms with Gasteiger partial charge in [0.05, 0.1) is 11.3 Å². The Labute approximate surface area is 200 Å². The van der Waals surface area contributed by atoms with Gasteiger partial charge in [-0.05, 0) is 86.0 Å². The third-order valence-electron chi connectivity index (χ3n) is 8.08. The summed E-state index contributed by atoms with van der Waals surface area (Å²) in [6.07, 6.45) is 7.80. The maximum absolute atomic E-state index is 12.8. The number of sulfonamides is 1. The second-order valence-corrected chi connectivity index (χ2v) is 12.9. The Morgan fingerprint density at radius 2 is 1.48 bits per heavy atom. The largest absolute Gasteiger partial charge is 0.456 e. The number of halogens is 1. The van der Waals surface area contributed by atoms with E-state index in [1.165, 1.54) is 35.7 Å². The van der Waals surface area contributed by atoms with Crippen molar-refractivity contribution in [3.63, 3.8) is 0 Å². The predicted octanol–water partition coefficient (Wildman–Crippen LogP) is 3.32. The van der Waals surface area contributed by atoms with Gasteiger partial charge in [-0.2, -0.15) is 4.31 Å². The zero-order chi connectivity index (χ0) is 23.2. The minimum atomic E-state index is -3.63. The summed E-state index contributed by atoms with van der Waals surface area (Å²) in [5.74, 6) is 1.77. The Kier molecular flexibility index (Phi) is 6.20. The van der Waals surface area contributed by atoms with Crippen molar-refractivity contribution in [1.82, 2.24) is 9.21 Å². The molecule has 4 saturated carbocycles. The molecule has 1 amide bonds. The first-order chi connectivity index (χ1) is 15.7. The number of hydrogen-bond donors (Lipinski definition) is 0. The zero-order valence-corrected chi connectivity index (χ0v) is 20.3. The van der Waals surface area contributed by atoms with Crippen LogP contribution in [0.15, 0.2) is 29.2 Å². The highest BCUT2D eigenvalue weighted by Gasteiger charge is 2.51. The molecule has 0 N–H and O–H groups in total. The van der Waals surface area contributed by atoms with Gasteiger partial charge in [-0.15, -0.1) is 0 Å². The molecule has 180 valence electrons. The Morgan fingerprint density at radius 1 is 0.939 bits per heavy atom. The summed E-state index contributed by atoms with van der Waals surface area (Å²) in [4.78, 5) is 26.9. The van der Waals surface area contributed by atoms with Gasteiger partial charge in [0, 0.05) is 31.2 Å². The van der Waals surface area contributed by atoms with E-state index in [4.69, 9.17) is 16.3 Å². The summed E-state index contributed by atoms with van der Waals surface area (Å²) in [6, 6.07) is 6.06.